The molecule has 2 nitrogen and oxygen atoms in total. The van der Waals surface area contributed by atoms with Gasteiger partial charge in [-0.3, -0.25) is 0 Å². The van der Waals surface area contributed by atoms with E-state index in [0.29, 0.717) is 5.92 Å². The lowest BCUT2D eigenvalue weighted by Crippen LogP contribution is -2.10. The van der Waals surface area contributed by atoms with Gasteiger partial charge in [0, 0.05) is 18.9 Å². The SMILES string of the molecule is C=CN/C(=C\NC)CC(C)C. The summed E-state index contributed by atoms with van der Waals surface area (Å²) >= 11 is 0. The predicted octanol–water partition coefficient (Wildman–Crippen LogP) is 1.83. The van der Waals surface area contributed by atoms with Crippen molar-refractivity contribution in [2.24, 2.45) is 5.92 Å². The second-order valence-electron chi connectivity index (χ2n) is 2.90. The van der Waals surface area contributed by atoms with Gasteiger partial charge in [0.2, 0.25) is 0 Å². The van der Waals surface area contributed by atoms with Gasteiger partial charge in [-0.25, -0.2) is 0 Å². The first-order valence-corrected chi connectivity index (χ1v) is 3.94. The highest BCUT2D eigenvalue weighted by Gasteiger charge is 1.97. The molecule has 0 unspecified atom stereocenters. The third kappa shape index (κ3) is 5.52. The number of nitrogens with one attached hydrogen (secondary N) is 2. The minimum absolute atomic E-state index is 0.669. The minimum atomic E-state index is 0.669. The number of hydrogen-bond acceptors (Lipinski definition) is 2. The zero-order valence-corrected chi connectivity index (χ0v) is 7.65. The first kappa shape index (κ1) is 10.1. The van der Waals surface area contributed by atoms with Crippen LogP contribution in [0.1, 0.15) is 20.3 Å². The van der Waals surface area contributed by atoms with Crippen molar-refractivity contribution in [2.75, 3.05) is 7.05 Å². The van der Waals surface area contributed by atoms with Crippen LogP contribution in [0.5, 0.6) is 0 Å². The molecule has 0 heterocycles. The standard InChI is InChI=1S/C9H18N2/c1-5-11-9(7-10-4)6-8(2)3/h5,7-8,10-11H,1,6H2,2-4H3/b9-7-. The number of rotatable bonds is 5. The summed E-state index contributed by atoms with van der Waals surface area (Å²) in [6, 6.07) is 0. The Balaban J connectivity index is 3.88. The van der Waals surface area contributed by atoms with Gasteiger partial charge in [-0.15, -0.1) is 0 Å². The van der Waals surface area contributed by atoms with Crippen LogP contribution in [0.25, 0.3) is 0 Å². The highest BCUT2D eigenvalue weighted by molar-refractivity contribution is 5.01. The summed E-state index contributed by atoms with van der Waals surface area (Å²) in [7, 11) is 1.89. The van der Waals surface area contributed by atoms with Gasteiger partial charge >= 0.3 is 0 Å². The van der Waals surface area contributed by atoms with Crippen LogP contribution in [0.4, 0.5) is 0 Å². The summed E-state index contributed by atoms with van der Waals surface area (Å²) in [6.07, 6.45) is 4.71. The molecule has 64 valence electrons. The maximum atomic E-state index is 3.61. The van der Waals surface area contributed by atoms with Crippen molar-refractivity contribution < 1.29 is 0 Å². The first-order valence-electron chi connectivity index (χ1n) is 3.94. The van der Waals surface area contributed by atoms with Gasteiger partial charge in [-0.2, -0.15) is 0 Å². The van der Waals surface area contributed by atoms with Gasteiger partial charge < -0.3 is 10.6 Å². The maximum absolute atomic E-state index is 3.61. The molecule has 0 rings (SSSR count). The van der Waals surface area contributed by atoms with Crippen molar-refractivity contribution in [2.45, 2.75) is 20.3 Å². The Kier molecular flexibility index (Phi) is 5.35. The fourth-order valence-corrected chi connectivity index (χ4v) is 0.905. The molecule has 11 heavy (non-hydrogen) atoms. The Morgan fingerprint density at radius 2 is 2.18 bits per heavy atom. The molecule has 0 aromatic rings. The van der Waals surface area contributed by atoms with Crippen LogP contribution in [0, 0.1) is 5.92 Å². The lowest BCUT2D eigenvalue weighted by Gasteiger charge is -2.09. The van der Waals surface area contributed by atoms with Crippen LogP contribution >= 0.6 is 0 Å². The molecule has 2 heteroatoms. The van der Waals surface area contributed by atoms with Crippen LogP contribution in [-0.2, 0) is 0 Å². The Hall–Kier alpha value is -0.920. The Bertz CT molecular complexity index is 136. The van der Waals surface area contributed by atoms with Gasteiger partial charge in [-0.05, 0) is 18.5 Å². The summed E-state index contributed by atoms with van der Waals surface area (Å²) in [5.74, 6) is 0.669. The van der Waals surface area contributed by atoms with E-state index in [1.807, 2.05) is 13.2 Å². The quantitative estimate of drug-likeness (QED) is 0.631. The molecule has 2 N–H and O–H groups in total. The molecular formula is C9H18N2. The van der Waals surface area contributed by atoms with Crippen molar-refractivity contribution in [1.82, 2.24) is 10.6 Å². The summed E-state index contributed by atoms with van der Waals surface area (Å²) in [5.41, 5.74) is 1.18. The van der Waals surface area contributed by atoms with Gasteiger partial charge in [-0.1, -0.05) is 20.4 Å². The van der Waals surface area contributed by atoms with Crippen molar-refractivity contribution in [3.8, 4) is 0 Å². The zero-order valence-electron chi connectivity index (χ0n) is 7.65. The molecule has 0 radical (unpaired) electrons. The molecule has 0 amide bonds. The van der Waals surface area contributed by atoms with Gasteiger partial charge in [0.05, 0.1) is 0 Å². The third-order valence-corrected chi connectivity index (χ3v) is 1.23. The average Bonchev–Trinajstić information content (AvgIpc) is 1.87. The number of allylic oxidation sites excluding steroid dienone is 1. The van der Waals surface area contributed by atoms with E-state index < -0.39 is 0 Å². The van der Waals surface area contributed by atoms with Gasteiger partial charge in [0.1, 0.15) is 0 Å². The van der Waals surface area contributed by atoms with Crippen molar-refractivity contribution in [1.29, 1.82) is 0 Å². The first-order chi connectivity index (χ1) is 5.20. The third-order valence-electron chi connectivity index (χ3n) is 1.23. The molecule has 0 atom stereocenters. The highest BCUT2D eigenvalue weighted by Crippen LogP contribution is 2.06. The average molecular weight is 154 g/mol. The molecule has 0 aliphatic rings. The molecule has 0 aromatic carbocycles. The predicted molar refractivity (Wildman–Crippen MR) is 49.9 cm³/mol. The van der Waals surface area contributed by atoms with Crippen LogP contribution in [0.15, 0.2) is 24.7 Å². The van der Waals surface area contributed by atoms with Crippen molar-refractivity contribution in [3.63, 3.8) is 0 Å². The van der Waals surface area contributed by atoms with Crippen molar-refractivity contribution >= 4 is 0 Å². The molecule has 0 fully saturated rings. The molecule has 0 aliphatic heterocycles. The Morgan fingerprint density at radius 1 is 1.55 bits per heavy atom. The van der Waals surface area contributed by atoms with E-state index in [1.165, 1.54) is 5.70 Å². The molecule has 0 bridgehead atoms. The lowest BCUT2D eigenvalue weighted by molar-refractivity contribution is 0.620. The topological polar surface area (TPSA) is 24.1 Å². The maximum Gasteiger partial charge on any atom is 0.0308 e. The molecule has 0 aromatic heterocycles. The largest absolute Gasteiger partial charge is 0.393 e. The number of hydrogen-bond donors (Lipinski definition) is 2. The summed E-state index contributed by atoms with van der Waals surface area (Å²) in [5, 5.41) is 6.06. The fourth-order valence-electron chi connectivity index (χ4n) is 0.905. The normalized spacial score (nSPS) is 11.5. The Labute approximate surface area is 69.4 Å². The molecule has 0 aliphatic carbocycles. The molecule has 0 saturated heterocycles. The molecular weight excluding hydrogens is 136 g/mol. The van der Waals surface area contributed by atoms with Crippen LogP contribution < -0.4 is 10.6 Å². The van der Waals surface area contributed by atoms with E-state index in [-0.39, 0.29) is 0 Å². The van der Waals surface area contributed by atoms with Crippen LogP contribution in [0.2, 0.25) is 0 Å². The highest BCUT2D eigenvalue weighted by atomic mass is 14.9. The van der Waals surface area contributed by atoms with E-state index in [0.717, 1.165) is 6.42 Å². The second-order valence-corrected chi connectivity index (χ2v) is 2.90. The molecule has 0 spiro atoms. The monoisotopic (exact) mass is 154 g/mol. The fraction of sp³-hybridized carbons (Fsp3) is 0.556. The Morgan fingerprint density at radius 3 is 2.55 bits per heavy atom. The molecule has 0 saturated carbocycles. The summed E-state index contributed by atoms with van der Waals surface area (Å²) < 4.78 is 0. The van der Waals surface area contributed by atoms with Crippen LogP contribution in [0.3, 0.4) is 0 Å². The minimum Gasteiger partial charge on any atom is -0.393 e. The summed E-state index contributed by atoms with van der Waals surface area (Å²) in [4.78, 5) is 0. The van der Waals surface area contributed by atoms with E-state index in [4.69, 9.17) is 0 Å². The van der Waals surface area contributed by atoms with Crippen LogP contribution in [-0.4, -0.2) is 7.05 Å². The van der Waals surface area contributed by atoms with Crippen molar-refractivity contribution in [3.05, 3.63) is 24.7 Å². The van der Waals surface area contributed by atoms with E-state index in [9.17, 15) is 0 Å². The van der Waals surface area contributed by atoms with Gasteiger partial charge in [0.25, 0.3) is 0 Å². The second kappa shape index (κ2) is 5.83. The lowest BCUT2D eigenvalue weighted by atomic mass is 10.1. The van der Waals surface area contributed by atoms with Gasteiger partial charge in [0.15, 0.2) is 0 Å². The zero-order chi connectivity index (χ0) is 8.69. The summed E-state index contributed by atoms with van der Waals surface area (Å²) in [6.45, 7) is 7.99. The van der Waals surface area contributed by atoms with E-state index in [2.05, 4.69) is 31.1 Å². The smallest absolute Gasteiger partial charge is 0.0308 e. The van der Waals surface area contributed by atoms with E-state index >= 15 is 0 Å². The van der Waals surface area contributed by atoms with E-state index in [1.54, 1.807) is 6.20 Å².